The zero-order valence-corrected chi connectivity index (χ0v) is 13.3. The lowest BCUT2D eigenvalue weighted by Gasteiger charge is -2.17. The fourth-order valence-electron chi connectivity index (χ4n) is 2.59. The molecule has 0 saturated carbocycles. The van der Waals surface area contributed by atoms with Crippen molar-refractivity contribution in [3.05, 3.63) is 70.9 Å². The van der Waals surface area contributed by atoms with Gasteiger partial charge in [0.1, 0.15) is 5.52 Å². The molecule has 0 aliphatic carbocycles. The van der Waals surface area contributed by atoms with Gasteiger partial charge in [0, 0.05) is 30.5 Å². The Morgan fingerprint density at radius 2 is 1.92 bits per heavy atom. The summed E-state index contributed by atoms with van der Waals surface area (Å²) in [6, 6.07) is 16.8. The lowest BCUT2D eigenvalue weighted by atomic mass is 10.1. The first kappa shape index (κ1) is 15.7. The van der Waals surface area contributed by atoms with Crippen LogP contribution in [0.5, 0.6) is 0 Å². The fourth-order valence-corrected chi connectivity index (χ4v) is 2.59. The Morgan fingerprint density at radius 3 is 2.67 bits per heavy atom. The van der Waals surface area contributed by atoms with E-state index in [4.69, 9.17) is 0 Å². The molecule has 3 aromatic rings. The average Bonchev–Trinajstić information content (AvgIpc) is 2.60. The molecular formula is C18H18N4O2. The average molecular weight is 322 g/mol. The number of benzene rings is 2. The minimum absolute atomic E-state index is 0.0686. The van der Waals surface area contributed by atoms with Crippen LogP contribution < -0.4 is 10.6 Å². The summed E-state index contributed by atoms with van der Waals surface area (Å²) in [5, 5.41) is 18.4. The van der Waals surface area contributed by atoms with Crippen LogP contribution in [-0.4, -0.2) is 22.5 Å². The van der Waals surface area contributed by atoms with Crippen molar-refractivity contribution in [2.24, 2.45) is 0 Å². The summed E-state index contributed by atoms with van der Waals surface area (Å²) in [6.07, 6.45) is 1.64. The first-order valence-electron chi connectivity index (χ1n) is 7.73. The standard InChI is InChI=1S/C18H18N4O2/c1-13(21-14-6-3-2-4-7-14)12-20-16-9-10-17(22(23)24)15-8-5-11-19-18(15)16/h2-11,13,20-21H,12H2,1H3. The minimum Gasteiger partial charge on any atom is -0.381 e. The van der Waals surface area contributed by atoms with Gasteiger partial charge in [-0.3, -0.25) is 15.1 Å². The lowest BCUT2D eigenvalue weighted by molar-refractivity contribution is -0.383. The molecule has 0 aliphatic rings. The maximum atomic E-state index is 11.1. The molecule has 24 heavy (non-hydrogen) atoms. The molecule has 0 aliphatic heterocycles. The molecule has 6 heteroatoms. The number of nitrogens with one attached hydrogen (secondary N) is 2. The predicted molar refractivity (Wildman–Crippen MR) is 96.4 cm³/mol. The van der Waals surface area contributed by atoms with Crippen LogP contribution in [0.4, 0.5) is 17.1 Å². The molecule has 122 valence electrons. The van der Waals surface area contributed by atoms with Crippen molar-refractivity contribution in [3.8, 4) is 0 Å². The zero-order chi connectivity index (χ0) is 16.9. The number of hydrogen-bond acceptors (Lipinski definition) is 5. The number of aromatic nitrogens is 1. The second-order valence-electron chi connectivity index (χ2n) is 5.58. The van der Waals surface area contributed by atoms with Crippen molar-refractivity contribution in [3.63, 3.8) is 0 Å². The number of anilines is 2. The summed E-state index contributed by atoms with van der Waals surface area (Å²) in [5.41, 5.74) is 2.52. The number of nitro benzene ring substituents is 1. The lowest BCUT2D eigenvalue weighted by Crippen LogP contribution is -2.25. The second-order valence-corrected chi connectivity index (χ2v) is 5.58. The molecule has 2 aromatic carbocycles. The van der Waals surface area contributed by atoms with E-state index >= 15 is 0 Å². The summed E-state index contributed by atoms with van der Waals surface area (Å²) >= 11 is 0. The smallest absolute Gasteiger partial charge is 0.278 e. The highest BCUT2D eigenvalue weighted by Crippen LogP contribution is 2.29. The maximum Gasteiger partial charge on any atom is 0.278 e. The molecule has 0 amide bonds. The molecule has 1 heterocycles. The van der Waals surface area contributed by atoms with Gasteiger partial charge >= 0.3 is 0 Å². The number of fused-ring (bicyclic) bond motifs is 1. The molecule has 0 saturated heterocycles. The number of non-ortho nitro benzene ring substituents is 1. The topological polar surface area (TPSA) is 80.1 Å². The minimum atomic E-state index is -0.382. The van der Waals surface area contributed by atoms with Gasteiger partial charge in [0.15, 0.2) is 0 Å². The summed E-state index contributed by atoms with van der Waals surface area (Å²) in [4.78, 5) is 15.1. The Morgan fingerprint density at radius 1 is 1.12 bits per heavy atom. The summed E-state index contributed by atoms with van der Waals surface area (Å²) in [7, 11) is 0. The van der Waals surface area contributed by atoms with Gasteiger partial charge in [-0.05, 0) is 37.3 Å². The molecule has 6 nitrogen and oxygen atoms in total. The first-order valence-corrected chi connectivity index (χ1v) is 7.73. The van der Waals surface area contributed by atoms with Crippen LogP contribution in [-0.2, 0) is 0 Å². The first-order chi connectivity index (χ1) is 11.6. The molecule has 3 rings (SSSR count). The molecule has 0 spiro atoms. The summed E-state index contributed by atoms with van der Waals surface area (Å²) in [5.74, 6) is 0. The van der Waals surface area contributed by atoms with E-state index < -0.39 is 0 Å². The quantitative estimate of drug-likeness (QED) is 0.528. The van der Waals surface area contributed by atoms with E-state index in [-0.39, 0.29) is 16.7 Å². The Labute approximate surface area is 139 Å². The highest BCUT2D eigenvalue weighted by atomic mass is 16.6. The second kappa shape index (κ2) is 6.95. The molecule has 0 bridgehead atoms. The van der Waals surface area contributed by atoms with Crippen LogP contribution in [0.25, 0.3) is 10.9 Å². The highest BCUT2D eigenvalue weighted by Gasteiger charge is 2.15. The number of hydrogen-bond donors (Lipinski definition) is 2. The Bertz CT molecular complexity index is 852. The van der Waals surface area contributed by atoms with Crippen molar-refractivity contribution in [1.82, 2.24) is 4.98 Å². The van der Waals surface area contributed by atoms with Gasteiger partial charge in [0.05, 0.1) is 16.0 Å². The molecule has 0 fully saturated rings. The molecule has 1 atom stereocenters. The van der Waals surface area contributed by atoms with Gasteiger partial charge in [-0.15, -0.1) is 0 Å². The molecular weight excluding hydrogens is 304 g/mol. The Kier molecular flexibility index (Phi) is 4.56. The highest BCUT2D eigenvalue weighted by molar-refractivity contribution is 5.96. The van der Waals surface area contributed by atoms with Gasteiger partial charge in [-0.1, -0.05) is 18.2 Å². The number of rotatable bonds is 6. The third-order valence-corrected chi connectivity index (χ3v) is 3.73. The van der Waals surface area contributed by atoms with Crippen LogP contribution >= 0.6 is 0 Å². The van der Waals surface area contributed by atoms with E-state index in [1.54, 1.807) is 24.4 Å². The number of para-hydroxylation sites is 1. The van der Waals surface area contributed by atoms with Crippen LogP contribution in [0, 0.1) is 10.1 Å². The van der Waals surface area contributed by atoms with Crippen molar-refractivity contribution >= 4 is 28.0 Å². The van der Waals surface area contributed by atoms with E-state index in [0.29, 0.717) is 17.4 Å². The maximum absolute atomic E-state index is 11.1. The SMILES string of the molecule is CC(CNc1ccc([N+](=O)[O-])c2cccnc12)Nc1ccccc1. The van der Waals surface area contributed by atoms with Crippen molar-refractivity contribution < 1.29 is 4.92 Å². The van der Waals surface area contributed by atoms with Crippen molar-refractivity contribution in [2.45, 2.75) is 13.0 Å². The van der Waals surface area contributed by atoms with Gasteiger partial charge in [-0.25, -0.2) is 0 Å². The number of nitrogens with zero attached hydrogens (tertiary/aromatic N) is 2. The van der Waals surface area contributed by atoms with Crippen LogP contribution in [0.1, 0.15) is 6.92 Å². The molecule has 2 N–H and O–H groups in total. The predicted octanol–water partition coefficient (Wildman–Crippen LogP) is 4.06. The third kappa shape index (κ3) is 3.43. The molecule has 1 aromatic heterocycles. The van der Waals surface area contributed by atoms with E-state index in [0.717, 1.165) is 11.4 Å². The van der Waals surface area contributed by atoms with Gasteiger partial charge < -0.3 is 10.6 Å². The third-order valence-electron chi connectivity index (χ3n) is 3.73. The van der Waals surface area contributed by atoms with Crippen molar-refractivity contribution in [2.75, 3.05) is 17.2 Å². The monoisotopic (exact) mass is 322 g/mol. The normalized spacial score (nSPS) is 11.9. The van der Waals surface area contributed by atoms with E-state index in [1.165, 1.54) is 6.07 Å². The molecule has 1 unspecified atom stereocenters. The zero-order valence-electron chi connectivity index (χ0n) is 13.3. The van der Waals surface area contributed by atoms with Gasteiger partial charge in [0.2, 0.25) is 0 Å². The number of nitro groups is 1. The van der Waals surface area contributed by atoms with Gasteiger partial charge in [0.25, 0.3) is 5.69 Å². The van der Waals surface area contributed by atoms with Crippen LogP contribution in [0.3, 0.4) is 0 Å². The Hall–Kier alpha value is -3.15. The largest absolute Gasteiger partial charge is 0.381 e. The van der Waals surface area contributed by atoms with Crippen molar-refractivity contribution in [1.29, 1.82) is 0 Å². The van der Waals surface area contributed by atoms with E-state index in [9.17, 15) is 10.1 Å². The van der Waals surface area contributed by atoms with Crippen LogP contribution in [0.2, 0.25) is 0 Å². The van der Waals surface area contributed by atoms with E-state index in [2.05, 4.69) is 22.5 Å². The number of pyridine rings is 1. The fraction of sp³-hybridized carbons (Fsp3) is 0.167. The van der Waals surface area contributed by atoms with E-state index in [1.807, 2.05) is 30.3 Å². The summed E-state index contributed by atoms with van der Waals surface area (Å²) < 4.78 is 0. The Balaban J connectivity index is 1.76. The summed E-state index contributed by atoms with van der Waals surface area (Å²) in [6.45, 7) is 2.74. The van der Waals surface area contributed by atoms with Gasteiger partial charge in [-0.2, -0.15) is 0 Å². The van der Waals surface area contributed by atoms with Crippen LogP contribution in [0.15, 0.2) is 60.8 Å². The molecule has 0 radical (unpaired) electrons.